The summed E-state index contributed by atoms with van der Waals surface area (Å²) in [6, 6.07) is 0. The summed E-state index contributed by atoms with van der Waals surface area (Å²) in [5.74, 6) is -2.01. The van der Waals surface area contributed by atoms with Crippen molar-refractivity contribution in [3.63, 3.8) is 0 Å². The van der Waals surface area contributed by atoms with Crippen LogP contribution >= 0.6 is 0 Å². The Morgan fingerprint density at radius 3 is 0.792 bits per heavy atom. The first-order valence-electron chi connectivity index (χ1n) is 40.9. The van der Waals surface area contributed by atoms with Crippen LogP contribution in [0.15, 0.2) is 182 Å². The Balaban J connectivity index is 4.07. The molecule has 9 nitrogen and oxygen atoms in total. The van der Waals surface area contributed by atoms with E-state index in [-0.39, 0.29) is 32.2 Å². The van der Waals surface area contributed by atoms with Crippen LogP contribution in [-0.4, -0.2) is 87.4 Å². The summed E-state index contributed by atoms with van der Waals surface area (Å²) in [6.45, 7) is 4.65. The zero-order chi connectivity index (χ0) is 73.2. The van der Waals surface area contributed by atoms with E-state index in [0.717, 1.165) is 141 Å². The summed E-state index contributed by atoms with van der Waals surface area (Å²) in [7, 11) is 5.98. The second kappa shape index (κ2) is 80.1. The van der Waals surface area contributed by atoms with Gasteiger partial charge in [-0.25, -0.2) is 4.79 Å². The minimum absolute atomic E-state index is 0.180. The predicted octanol–water partition coefficient (Wildman–Crippen LogP) is 26.7. The lowest BCUT2D eigenvalue weighted by molar-refractivity contribution is -0.870. The van der Waals surface area contributed by atoms with Gasteiger partial charge in [-0.3, -0.25) is 9.59 Å². The highest BCUT2D eigenvalue weighted by Gasteiger charge is 2.25. The Morgan fingerprint density at radius 2 is 0.535 bits per heavy atom. The minimum atomic E-state index is -1.52. The van der Waals surface area contributed by atoms with Crippen molar-refractivity contribution in [1.82, 2.24) is 0 Å². The number of ether oxygens (including phenoxy) is 4. The number of hydrogen-bond acceptors (Lipinski definition) is 7. The van der Waals surface area contributed by atoms with Gasteiger partial charge in [0.15, 0.2) is 6.10 Å². The molecule has 0 aromatic rings. The Morgan fingerprint density at radius 1 is 0.297 bits per heavy atom. The number of carboxylic acid groups (broad SMARTS) is 1. The number of rotatable bonds is 74. The fourth-order valence-electron chi connectivity index (χ4n) is 11.0. The fourth-order valence-corrected chi connectivity index (χ4v) is 11.0. The van der Waals surface area contributed by atoms with E-state index in [1.54, 1.807) is 0 Å². The molecule has 101 heavy (non-hydrogen) atoms. The molecule has 0 aromatic carbocycles. The number of aliphatic carboxylic acids is 1. The molecule has 0 aliphatic rings. The number of carboxylic acids is 1. The molecular weight excluding hydrogens is 1250 g/mol. The van der Waals surface area contributed by atoms with Crippen molar-refractivity contribution in [2.75, 3.05) is 47.5 Å². The third kappa shape index (κ3) is 81.6. The van der Waals surface area contributed by atoms with E-state index in [9.17, 15) is 19.5 Å². The smallest absolute Gasteiger partial charge is 0.361 e. The monoisotopic (exact) mass is 1400 g/mol. The summed E-state index contributed by atoms with van der Waals surface area (Å²) in [5, 5.41) is 9.78. The number of likely N-dealkylation sites (N-methyl/N-ethyl adjacent to an activating group) is 1. The molecule has 0 spiro atoms. The average molecular weight is 1400 g/mol. The van der Waals surface area contributed by atoms with E-state index in [4.69, 9.17) is 18.9 Å². The highest BCUT2D eigenvalue weighted by molar-refractivity contribution is 5.71. The van der Waals surface area contributed by atoms with Gasteiger partial charge in [-0.15, -0.1) is 0 Å². The normalized spacial score (nSPS) is 13.6. The van der Waals surface area contributed by atoms with Gasteiger partial charge in [-0.1, -0.05) is 357 Å². The maximum Gasteiger partial charge on any atom is 0.361 e. The molecule has 9 heteroatoms. The first kappa shape index (κ1) is 95.4. The van der Waals surface area contributed by atoms with Crippen LogP contribution in [-0.2, 0) is 33.3 Å². The van der Waals surface area contributed by atoms with Gasteiger partial charge < -0.3 is 28.5 Å². The predicted molar refractivity (Wildman–Crippen MR) is 437 cm³/mol. The van der Waals surface area contributed by atoms with Crippen LogP contribution in [0.5, 0.6) is 0 Å². The number of hydrogen-bond donors (Lipinski definition) is 1. The second-order valence-corrected chi connectivity index (χ2v) is 28.0. The van der Waals surface area contributed by atoms with Crippen molar-refractivity contribution in [2.24, 2.45) is 0 Å². The van der Waals surface area contributed by atoms with Crippen LogP contribution in [0, 0.1) is 0 Å². The van der Waals surface area contributed by atoms with E-state index in [1.165, 1.54) is 148 Å². The van der Waals surface area contributed by atoms with Gasteiger partial charge in [-0.05, 0) is 135 Å². The number of esters is 2. The Kier molecular flexibility index (Phi) is 75.6. The van der Waals surface area contributed by atoms with Gasteiger partial charge in [0.2, 0.25) is 0 Å². The van der Waals surface area contributed by atoms with Gasteiger partial charge in [0.25, 0.3) is 6.29 Å². The minimum Gasteiger partial charge on any atom is -0.477 e. The quantitative estimate of drug-likeness (QED) is 0.0211. The zero-order valence-corrected chi connectivity index (χ0v) is 65.5. The van der Waals surface area contributed by atoms with Crippen LogP contribution < -0.4 is 0 Å². The first-order valence-corrected chi connectivity index (χ1v) is 40.9. The number of carbonyl (C=O) groups excluding carboxylic acids is 2. The summed E-state index contributed by atoms with van der Waals surface area (Å²) < 4.78 is 23.0. The molecule has 0 saturated carbocycles. The van der Waals surface area contributed by atoms with Crippen molar-refractivity contribution in [2.45, 2.75) is 334 Å². The molecule has 572 valence electrons. The third-order valence-corrected chi connectivity index (χ3v) is 17.2. The van der Waals surface area contributed by atoms with Gasteiger partial charge >= 0.3 is 17.9 Å². The molecule has 2 unspecified atom stereocenters. The maximum atomic E-state index is 13.0. The van der Waals surface area contributed by atoms with Crippen LogP contribution in [0.1, 0.15) is 322 Å². The highest BCUT2D eigenvalue weighted by atomic mass is 16.7. The van der Waals surface area contributed by atoms with E-state index >= 15 is 0 Å². The van der Waals surface area contributed by atoms with Crippen LogP contribution in [0.25, 0.3) is 0 Å². The lowest BCUT2D eigenvalue weighted by Crippen LogP contribution is -2.40. The van der Waals surface area contributed by atoms with Gasteiger partial charge in [0.05, 0.1) is 34.4 Å². The first-order chi connectivity index (χ1) is 49.6. The summed E-state index contributed by atoms with van der Waals surface area (Å²) in [5.41, 5.74) is 0. The van der Waals surface area contributed by atoms with Crippen molar-refractivity contribution >= 4 is 17.9 Å². The topological polar surface area (TPSA) is 108 Å². The number of carbonyl (C=O) groups is 3. The number of quaternary nitrogens is 1. The summed E-state index contributed by atoms with van der Waals surface area (Å²) in [6.07, 6.45) is 119. The standard InChI is InChI=1S/C92H151NO8/c1-6-8-10-12-14-16-18-20-22-24-26-28-30-32-34-36-38-40-42-44-45-47-48-50-52-54-56-58-60-62-64-66-68-70-72-74-76-78-80-82-89(94)99-86-88(87-100-92(91(96)97)98-85-84-93(3,4)5)101-90(95)83-81-79-77-75-73-71-69-67-65-63-61-59-57-55-53-51-49-46-43-41-39-37-35-33-31-29-27-25-23-21-19-17-15-13-11-9-7-2/h8-11,14-17,20-23,26-29,32-35,38-41,46,49,53,55,59,61,88,92H,6-7,12-13,18-19,24-25,30-31,36-37,42-45,47-48,50-52,54,56-58,60,62-87H2,1-5H3/p+1/b10-8-,11-9-,16-14-,17-15-,22-20-,23-21-,28-26-,29-27-,34-32-,35-33-,40-38-,41-39-,49-46-,55-53-,61-59-. The highest BCUT2D eigenvalue weighted by Crippen LogP contribution is 2.18. The summed E-state index contributed by atoms with van der Waals surface area (Å²) in [4.78, 5) is 37.8. The molecule has 0 amide bonds. The largest absolute Gasteiger partial charge is 0.477 e. The van der Waals surface area contributed by atoms with Crippen LogP contribution in [0.3, 0.4) is 0 Å². The SMILES string of the molecule is CC/C=C\C/C=C\C/C=C\C/C=C\C/C=C\C/C=C\C/C=C\C/C=C\C/C=C\CCCCCCCCCCCC(=O)OC(COC(=O)CCCCCCCCCCCCCCCCCCCCCC/C=C\C/C=C\C/C=C\C/C=C\C/C=C\C/C=C\CC)COC(OCC[N+](C)(C)C)C(=O)O. The lowest BCUT2D eigenvalue weighted by atomic mass is 10.0. The van der Waals surface area contributed by atoms with Crippen molar-refractivity contribution < 1.29 is 42.9 Å². The van der Waals surface area contributed by atoms with Crippen LogP contribution in [0.4, 0.5) is 0 Å². The summed E-state index contributed by atoms with van der Waals surface area (Å²) >= 11 is 0. The van der Waals surface area contributed by atoms with Crippen LogP contribution in [0.2, 0.25) is 0 Å². The fraction of sp³-hybridized carbons (Fsp3) is 0.641. The Bertz CT molecular complexity index is 2330. The number of allylic oxidation sites excluding steroid dienone is 30. The molecule has 0 aliphatic heterocycles. The third-order valence-electron chi connectivity index (χ3n) is 17.2. The second-order valence-electron chi connectivity index (χ2n) is 28.0. The maximum absolute atomic E-state index is 13.0. The van der Waals surface area contributed by atoms with Gasteiger partial charge in [0, 0.05) is 12.8 Å². The van der Waals surface area contributed by atoms with E-state index in [0.29, 0.717) is 23.9 Å². The molecule has 0 fully saturated rings. The zero-order valence-electron chi connectivity index (χ0n) is 65.5. The molecule has 1 N–H and O–H groups in total. The lowest BCUT2D eigenvalue weighted by Gasteiger charge is -2.25. The Hall–Kier alpha value is -5.61. The molecule has 0 bridgehead atoms. The van der Waals surface area contributed by atoms with E-state index in [2.05, 4.69) is 196 Å². The molecule has 0 saturated heterocycles. The molecular formula is C92H152NO8+. The van der Waals surface area contributed by atoms with E-state index < -0.39 is 24.3 Å². The number of unbranched alkanes of at least 4 members (excludes halogenated alkanes) is 29. The molecule has 0 heterocycles. The van der Waals surface area contributed by atoms with Crippen molar-refractivity contribution in [1.29, 1.82) is 0 Å². The molecule has 0 aliphatic carbocycles. The van der Waals surface area contributed by atoms with Crippen molar-refractivity contribution in [3.05, 3.63) is 182 Å². The molecule has 0 radical (unpaired) electrons. The average Bonchev–Trinajstić information content (AvgIpc) is 1.25. The molecule has 0 aromatic heterocycles. The molecule has 0 rings (SSSR count). The van der Waals surface area contributed by atoms with Crippen molar-refractivity contribution in [3.8, 4) is 0 Å². The van der Waals surface area contributed by atoms with Gasteiger partial charge in [-0.2, -0.15) is 0 Å². The van der Waals surface area contributed by atoms with Gasteiger partial charge in [0.1, 0.15) is 13.2 Å². The molecule has 2 atom stereocenters. The number of nitrogens with zero attached hydrogens (tertiary/aromatic N) is 1. The van der Waals surface area contributed by atoms with E-state index in [1.807, 2.05) is 21.1 Å². The Labute approximate surface area is 621 Å².